The predicted octanol–water partition coefficient (Wildman–Crippen LogP) is 6.93. The summed E-state index contributed by atoms with van der Waals surface area (Å²) in [5.41, 5.74) is 2.53. The van der Waals surface area contributed by atoms with E-state index in [1.807, 2.05) is 30.3 Å². The second-order valence-electron chi connectivity index (χ2n) is 7.38. The smallest absolute Gasteiger partial charge is 0.294 e. The molecule has 4 aromatic carbocycles. The zero-order valence-electron chi connectivity index (χ0n) is 18.5. The molecule has 180 valence electrons. The fraction of sp³-hybridized carbons (Fsp3) is 0. The minimum Gasteiger partial charge on any atom is -0.507 e. The molecule has 0 unspecified atom stereocenters. The first-order valence-corrected chi connectivity index (χ1v) is 11.9. The van der Waals surface area contributed by atoms with Crippen LogP contribution in [0.1, 0.15) is 5.56 Å². The number of hydrogen-bond donors (Lipinski definition) is 3. The Balaban J connectivity index is 1.49. The number of rotatable bonds is 7. The maximum Gasteiger partial charge on any atom is 0.294 e. The lowest BCUT2D eigenvalue weighted by molar-refractivity contribution is 0.472. The third-order valence-corrected chi connectivity index (χ3v) is 5.62. The fourth-order valence-corrected chi connectivity index (χ4v) is 3.43. The molecule has 0 radical (unpaired) electrons. The number of phenolic OH excluding ortho intramolecular Hbond substituents is 2. The van der Waals surface area contributed by atoms with Gasteiger partial charge in [-0.05, 0) is 72.8 Å². The summed E-state index contributed by atoms with van der Waals surface area (Å²) in [5.74, 6) is -0.419. The number of azo groups is 2. The molecular weight excluding hydrogens is 482 g/mol. The van der Waals surface area contributed by atoms with Gasteiger partial charge in [0.1, 0.15) is 17.2 Å². The Morgan fingerprint density at radius 3 is 1.75 bits per heavy atom. The molecule has 0 saturated carbocycles. The van der Waals surface area contributed by atoms with Crippen molar-refractivity contribution in [3.05, 3.63) is 96.6 Å². The van der Waals surface area contributed by atoms with Crippen LogP contribution in [0.4, 0.5) is 28.4 Å². The second-order valence-corrected chi connectivity index (χ2v) is 8.80. The van der Waals surface area contributed by atoms with Crippen molar-refractivity contribution in [2.24, 2.45) is 25.4 Å². The highest BCUT2D eigenvalue weighted by atomic mass is 32.2. The van der Waals surface area contributed by atoms with Gasteiger partial charge in [-0.1, -0.05) is 18.2 Å². The SMILES string of the molecule is O=S(=O)(O)c1ccc(O)c(N=Cc2cc(N=Nc3ccc(N=Nc4ccccc4)cc3)ccc2O)c1. The van der Waals surface area contributed by atoms with E-state index in [1.165, 1.54) is 18.3 Å². The summed E-state index contributed by atoms with van der Waals surface area (Å²) in [6.45, 7) is 0. The molecule has 0 fully saturated rings. The van der Waals surface area contributed by atoms with Crippen LogP contribution in [0.5, 0.6) is 11.5 Å². The summed E-state index contributed by atoms with van der Waals surface area (Å²) >= 11 is 0. The maximum atomic E-state index is 11.3. The van der Waals surface area contributed by atoms with Crippen molar-refractivity contribution in [2.75, 3.05) is 0 Å². The molecule has 4 rings (SSSR count). The van der Waals surface area contributed by atoms with E-state index < -0.39 is 15.0 Å². The van der Waals surface area contributed by atoms with E-state index in [9.17, 15) is 23.2 Å². The molecule has 0 atom stereocenters. The van der Waals surface area contributed by atoms with Gasteiger partial charge in [-0.25, -0.2) is 0 Å². The molecule has 0 amide bonds. The van der Waals surface area contributed by atoms with Gasteiger partial charge in [0, 0.05) is 11.8 Å². The molecule has 10 nitrogen and oxygen atoms in total. The van der Waals surface area contributed by atoms with E-state index in [-0.39, 0.29) is 22.7 Å². The number of hydrogen-bond acceptors (Lipinski definition) is 9. The summed E-state index contributed by atoms with van der Waals surface area (Å²) in [6.07, 6.45) is 1.23. The van der Waals surface area contributed by atoms with E-state index in [4.69, 9.17) is 0 Å². The van der Waals surface area contributed by atoms with Crippen molar-refractivity contribution in [3.8, 4) is 11.5 Å². The van der Waals surface area contributed by atoms with Crippen LogP contribution in [0.2, 0.25) is 0 Å². The second kappa shape index (κ2) is 10.7. The van der Waals surface area contributed by atoms with Crippen molar-refractivity contribution >= 4 is 44.8 Å². The molecule has 3 N–H and O–H groups in total. The number of aromatic hydroxyl groups is 2. The molecule has 0 aromatic heterocycles. The van der Waals surface area contributed by atoms with Gasteiger partial charge in [-0.15, -0.1) is 0 Å². The first kappa shape index (κ1) is 24.4. The van der Waals surface area contributed by atoms with Gasteiger partial charge in [-0.3, -0.25) is 9.55 Å². The molecule has 0 aliphatic carbocycles. The van der Waals surface area contributed by atoms with Gasteiger partial charge in [0.15, 0.2) is 0 Å². The first-order chi connectivity index (χ1) is 17.3. The van der Waals surface area contributed by atoms with Crippen LogP contribution in [-0.4, -0.2) is 29.4 Å². The van der Waals surface area contributed by atoms with Crippen LogP contribution in [0.25, 0.3) is 0 Å². The molecule has 36 heavy (non-hydrogen) atoms. The predicted molar refractivity (Wildman–Crippen MR) is 135 cm³/mol. The van der Waals surface area contributed by atoms with Crippen molar-refractivity contribution in [1.29, 1.82) is 0 Å². The van der Waals surface area contributed by atoms with E-state index in [0.29, 0.717) is 17.1 Å². The number of aliphatic imine (C=N–C) groups is 1. The van der Waals surface area contributed by atoms with Crippen molar-refractivity contribution in [2.45, 2.75) is 4.90 Å². The molecule has 0 saturated heterocycles. The summed E-state index contributed by atoms with van der Waals surface area (Å²) in [5, 5.41) is 36.7. The van der Waals surface area contributed by atoms with Crippen LogP contribution in [0.3, 0.4) is 0 Å². The quantitative estimate of drug-likeness (QED) is 0.142. The number of phenols is 2. The van der Waals surface area contributed by atoms with E-state index in [2.05, 4.69) is 25.4 Å². The highest BCUT2D eigenvalue weighted by molar-refractivity contribution is 7.85. The number of benzene rings is 4. The van der Waals surface area contributed by atoms with E-state index >= 15 is 0 Å². The monoisotopic (exact) mass is 501 g/mol. The van der Waals surface area contributed by atoms with Crippen molar-refractivity contribution in [1.82, 2.24) is 0 Å². The molecule has 0 aliphatic rings. The van der Waals surface area contributed by atoms with Gasteiger partial charge in [0.2, 0.25) is 0 Å². The summed E-state index contributed by atoms with van der Waals surface area (Å²) in [7, 11) is -4.47. The average molecular weight is 502 g/mol. The third-order valence-electron chi connectivity index (χ3n) is 4.77. The molecule has 0 aliphatic heterocycles. The summed E-state index contributed by atoms with van der Waals surface area (Å²) in [4.78, 5) is 3.59. The van der Waals surface area contributed by atoms with Crippen LogP contribution in [0, 0.1) is 0 Å². The Hall–Kier alpha value is -4.74. The zero-order valence-corrected chi connectivity index (χ0v) is 19.4. The third kappa shape index (κ3) is 6.44. The lowest BCUT2D eigenvalue weighted by Gasteiger charge is -2.03. The Kier molecular flexibility index (Phi) is 7.23. The Morgan fingerprint density at radius 1 is 0.611 bits per heavy atom. The van der Waals surface area contributed by atoms with Gasteiger partial charge in [0.05, 0.1) is 27.6 Å². The van der Waals surface area contributed by atoms with Crippen molar-refractivity contribution < 1.29 is 23.2 Å². The lowest BCUT2D eigenvalue weighted by atomic mass is 10.2. The largest absolute Gasteiger partial charge is 0.507 e. The minimum absolute atomic E-state index is 0.110. The van der Waals surface area contributed by atoms with Gasteiger partial charge < -0.3 is 10.2 Å². The molecule has 0 heterocycles. The van der Waals surface area contributed by atoms with Gasteiger partial charge >= 0.3 is 0 Å². The minimum atomic E-state index is -4.47. The van der Waals surface area contributed by atoms with Crippen LogP contribution >= 0.6 is 0 Å². The standard InChI is InChI=1S/C25H19N5O5S/c31-24-12-10-21(14-17(24)16-26-23-15-22(36(33,34)35)11-13-25(23)32)30-29-20-8-6-19(7-9-20)28-27-18-4-2-1-3-5-18/h1-16,31-32H,(H,33,34,35). The topological polar surface area (TPSA) is 157 Å². The lowest BCUT2D eigenvalue weighted by Crippen LogP contribution is -1.97. The molecular formula is C25H19N5O5S. The molecule has 0 bridgehead atoms. The Morgan fingerprint density at radius 2 is 1.14 bits per heavy atom. The normalized spacial score (nSPS) is 12.1. The zero-order chi connectivity index (χ0) is 25.5. The molecule has 4 aromatic rings. The van der Waals surface area contributed by atoms with Gasteiger partial charge in [0.25, 0.3) is 10.1 Å². The van der Waals surface area contributed by atoms with E-state index in [0.717, 1.165) is 23.9 Å². The summed E-state index contributed by atoms with van der Waals surface area (Å²) in [6, 6.07) is 23.9. The highest BCUT2D eigenvalue weighted by Crippen LogP contribution is 2.30. The Bertz CT molecular complexity index is 1570. The number of nitrogens with zero attached hydrogens (tertiary/aromatic N) is 5. The van der Waals surface area contributed by atoms with Crippen LogP contribution in [-0.2, 0) is 10.1 Å². The van der Waals surface area contributed by atoms with Crippen LogP contribution in [0.15, 0.2) is 121 Å². The summed E-state index contributed by atoms with van der Waals surface area (Å²) < 4.78 is 31.8. The van der Waals surface area contributed by atoms with Crippen molar-refractivity contribution in [3.63, 3.8) is 0 Å². The average Bonchev–Trinajstić information content (AvgIpc) is 2.87. The highest BCUT2D eigenvalue weighted by Gasteiger charge is 2.12. The van der Waals surface area contributed by atoms with E-state index in [1.54, 1.807) is 30.3 Å². The van der Waals surface area contributed by atoms with Gasteiger partial charge in [-0.2, -0.15) is 28.9 Å². The first-order valence-electron chi connectivity index (χ1n) is 10.4. The fourth-order valence-electron chi connectivity index (χ4n) is 2.93. The molecule has 0 spiro atoms. The van der Waals surface area contributed by atoms with Crippen LogP contribution < -0.4 is 0 Å². The Labute approximate surface area is 206 Å². The molecule has 11 heteroatoms. The maximum absolute atomic E-state index is 11.3.